The SMILES string of the molecule is O=C1CC[C@]23SC=CC2[C@H](O)c2ccccc2N13. The zero-order chi connectivity index (χ0) is 12.3. The van der Waals surface area contributed by atoms with E-state index in [1.807, 2.05) is 34.6 Å². The molecule has 0 saturated carbocycles. The van der Waals surface area contributed by atoms with Crippen molar-refractivity contribution >= 4 is 23.4 Å². The molecule has 0 aromatic heterocycles. The predicted molar refractivity (Wildman–Crippen MR) is 71.1 cm³/mol. The van der Waals surface area contributed by atoms with Crippen molar-refractivity contribution in [2.24, 2.45) is 5.92 Å². The molecule has 3 atom stereocenters. The molecule has 0 radical (unpaired) electrons. The van der Waals surface area contributed by atoms with Gasteiger partial charge in [-0.2, -0.15) is 0 Å². The summed E-state index contributed by atoms with van der Waals surface area (Å²) < 4.78 is 0. The van der Waals surface area contributed by atoms with Crippen molar-refractivity contribution in [1.29, 1.82) is 0 Å². The minimum absolute atomic E-state index is 0.0175. The van der Waals surface area contributed by atoms with Gasteiger partial charge in [-0.15, -0.1) is 11.8 Å². The highest BCUT2D eigenvalue weighted by molar-refractivity contribution is 8.03. The fourth-order valence-corrected chi connectivity index (χ4v) is 4.82. The maximum Gasteiger partial charge on any atom is 0.228 e. The van der Waals surface area contributed by atoms with Gasteiger partial charge in [0.25, 0.3) is 0 Å². The first-order valence-electron chi connectivity index (χ1n) is 6.18. The van der Waals surface area contributed by atoms with Crippen LogP contribution in [-0.2, 0) is 4.79 Å². The van der Waals surface area contributed by atoms with E-state index in [0.717, 1.165) is 17.7 Å². The predicted octanol–water partition coefficient (Wildman–Crippen LogP) is 2.43. The van der Waals surface area contributed by atoms with Gasteiger partial charge in [0.2, 0.25) is 5.91 Å². The number of carbonyl (C=O) groups is 1. The van der Waals surface area contributed by atoms with Gasteiger partial charge in [0.05, 0.1) is 11.8 Å². The van der Waals surface area contributed by atoms with E-state index in [-0.39, 0.29) is 16.7 Å². The van der Waals surface area contributed by atoms with Crippen LogP contribution in [0.25, 0.3) is 0 Å². The van der Waals surface area contributed by atoms with E-state index >= 15 is 0 Å². The summed E-state index contributed by atoms with van der Waals surface area (Å²) in [5, 5.41) is 12.6. The van der Waals surface area contributed by atoms with Crippen molar-refractivity contribution in [2.75, 3.05) is 4.90 Å². The van der Waals surface area contributed by atoms with Crippen LogP contribution in [0.5, 0.6) is 0 Å². The summed E-state index contributed by atoms with van der Waals surface area (Å²) >= 11 is 1.68. The van der Waals surface area contributed by atoms with Gasteiger partial charge >= 0.3 is 0 Å². The molecule has 1 spiro atoms. The van der Waals surface area contributed by atoms with E-state index in [1.165, 1.54) is 0 Å². The Hall–Kier alpha value is -1.26. The Kier molecular flexibility index (Phi) is 2.01. The molecule has 0 aliphatic carbocycles. The van der Waals surface area contributed by atoms with Crippen LogP contribution in [0, 0.1) is 5.92 Å². The molecule has 1 unspecified atom stereocenters. The minimum atomic E-state index is -0.505. The molecule has 1 aromatic rings. The Morgan fingerprint density at radius 3 is 3.11 bits per heavy atom. The molecule has 0 bridgehead atoms. The number of para-hydroxylation sites is 1. The number of anilines is 1. The molecule has 1 fully saturated rings. The maximum atomic E-state index is 12.2. The molecule has 1 N–H and O–H groups in total. The van der Waals surface area contributed by atoms with E-state index < -0.39 is 6.10 Å². The maximum absolute atomic E-state index is 12.2. The largest absolute Gasteiger partial charge is 0.388 e. The molecule has 4 rings (SSSR count). The standard InChI is InChI=1S/C14H13NO2S/c16-12-5-7-14-10(6-8-18-14)13(17)9-3-1-2-4-11(9)15(12)14/h1-4,6,8,10,13,17H,5,7H2/t10?,13-,14+/m1/s1. The average molecular weight is 259 g/mol. The van der Waals surface area contributed by atoms with Gasteiger partial charge in [0, 0.05) is 17.9 Å². The molecule has 1 saturated heterocycles. The van der Waals surface area contributed by atoms with Crippen LogP contribution < -0.4 is 4.90 Å². The molecule has 3 aliphatic heterocycles. The van der Waals surface area contributed by atoms with Crippen LogP contribution >= 0.6 is 11.8 Å². The highest BCUT2D eigenvalue weighted by atomic mass is 32.2. The van der Waals surface area contributed by atoms with Gasteiger partial charge in [0.15, 0.2) is 0 Å². The highest BCUT2D eigenvalue weighted by Gasteiger charge is 2.58. The third kappa shape index (κ3) is 1.08. The summed E-state index contributed by atoms with van der Waals surface area (Å²) in [5.41, 5.74) is 1.76. The van der Waals surface area contributed by atoms with Crippen LogP contribution in [0.2, 0.25) is 0 Å². The first-order chi connectivity index (χ1) is 8.74. The summed E-state index contributed by atoms with van der Waals surface area (Å²) in [6.07, 6.45) is 2.94. The summed E-state index contributed by atoms with van der Waals surface area (Å²) in [6.45, 7) is 0. The van der Waals surface area contributed by atoms with E-state index in [2.05, 4.69) is 6.08 Å². The number of benzene rings is 1. The third-order valence-corrected chi connectivity index (χ3v) is 5.60. The molecule has 3 nitrogen and oxygen atoms in total. The summed E-state index contributed by atoms with van der Waals surface area (Å²) in [6, 6.07) is 7.71. The number of aliphatic hydroxyl groups is 1. The second kappa shape index (κ2) is 3.39. The molecule has 18 heavy (non-hydrogen) atoms. The quantitative estimate of drug-likeness (QED) is 0.778. The van der Waals surface area contributed by atoms with Crippen LogP contribution in [-0.4, -0.2) is 15.9 Å². The number of fused-ring (bicyclic) bond motifs is 2. The van der Waals surface area contributed by atoms with Gasteiger partial charge in [0.1, 0.15) is 4.87 Å². The van der Waals surface area contributed by atoms with Crippen molar-refractivity contribution in [1.82, 2.24) is 0 Å². The van der Waals surface area contributed by atoms with Crippen molar-refractivity contribution in [3.63, 3.8) is 0 Å². The van der Waals surface area contributed by atoms with Gasteiger partial charge in [-0.1, -0.05) is 24.3 Å². The Balaban J connectivity index is 1.99. The third-order valence-electron chi connectivity index (χ3n) is 4.24. The molecule has 3 heterocycles. The van der Waals surface area contributed by atoms with Crippen molar-refractivity contribution in [3.05, 3.63) is 41.3 Å². The molecule has 92 valence electrons. The Labute approximate surface area is 109 Å². The minimum Gasteiger partial charge on any atom is -0.388 e. The Bertz CT molecular complexity index is 571. The van der Waals surface area contributed by atoms with Crippen LogP contribution in [0.1, 0.15) is 24.5 Å². The zero-order valence-corrected chi connectivity index (χ0v) is 10.6. The number of rotatable bonds is 0. The number of thioether (sulfide) groups is 1. The number of amides is 1. The lowest BCUT2D eigenvalue weighted by Gasteiger charge is -2.46. The molecule has 4 heteroatoms. The van der Waals surface area contributed by atoms with Crippen molar-refractivity contribution < 1.29 is 9.90 Å². The lowest BCUT2D eigenvalue weighted by molar-refractivity contribution is -0.117. The zero-order valence-electron chi connectivity index (χ0n) is 9.74. The smallest absolute Gasteiger partial charge is 0.228 e. The Morgan fingerprint density at radius 1 is 1.39 bits per heavy atom. The molecule has 1 amide bonds. The summed E-state index contributed by atoms with van der Waals surface area (Å²) in [7, 11) is 0. The second-order valence-electron chi connectivity index (χ2n) is 5.05. The monoisotopic (exact) mass is 259 g/mol. The lowest BCUT2D eigenvalue weighted by atomic mass is 9.83. The van der Waals surface area contributed by atoms with Crippen LogP contribution in [0.15, 0.2) is 35.7 Å². The number of aliphatic hydroxyl groups excluding tert-OH is 1. The normalized spacial score (nSPS) is 36.5. The fourth-order valence-electron chi connectivity index (χ4n) is 3.44. The second-order valence-corrected chi connectivity index (χ2v) is 6.26. The summed E-state index contributed by atoms with van der Waals surface area (Å²) in [5.74, 6) is 0.194. The molecule has 3 aliphatic rings. The van der Waals surface area contributed by atoms with Crippen LogP contribution in [0.4, 0.5) is 5.69 Å². The van der Waals surface area contributed by atoms with Crippen molar-refractivity contribution in [3.8, 4) is 0 Å². The topological polar surface area (TPSA) is 40.5 Å². The highest BCUT2D eigenvalue weighted by Crippen LogP contribution is 2.60. The van der Waals surface area contributed by atoms with E-state index in [4.69, 9.17) is 0 Å². The van der Waals surface area contributed by atoms with E-state index in [1.54, 1.807) is 11.8 Å². The number of hydrogen-bond acceptors (Lipinski definition) is 3. The number of carbonyl (C=O) groups excluding carboxylic acids is 1. The van der Waals surface area contributed by atoms with E-state index in [9.17, 15) is 9.90 Å². The molecular formula is C14H13NO2S. The molecule has 1 aromatic carbocycles. The number of nitrogens with zero attached hydrogens (tertiary/aromatic N) is 1. The van der Waals surface area contributed by atoms with Gasteiger partial charge < -0.3 is 5.11 Å². The first-order valence-corrected chi connectivity index (χ1v) is 7.06. The van der Waals surface area contributed by atoms with E-state index in [0.29, 0.717) is 6.42 Å². The lowest BCUT2D eigenvalue weighted by Crippen LogP contribution is -2.52. The summed E-state index contributed by atoms with van der Waals surface area (Å²) in [4.78, 5) is 13.9. The van der Waals surface area contributed by atoms with Crippen LogP contribution in [0.3, 0.4) is 0 Å². The fraction of sp³-hybridized carbons (Fsp3) is 0.357. The van der Waals surface area contributed by atoms with Crippen molar-refractivity contribution in [2.45, 2.75) is 23.8 Å². The average Bonchev–Trinajstić information content (AvgIpc) is 2.95. The first kappa shape index (κ1) is 10.6. The Morgan fingerprint density at radius 2 is 2.22 bits per heavy atom. The van der Waals surface area contributed by atoms with Gasteiger partial charge in [-0.25, -0.2) is 0 Å². The van der Waals surface area contributed by atoms with Gasteiger partial charge in [-0.3, -0.25) is 9.69 Å². The van der Waals surface area contributed by atoms with Gasteiger partial charge in [-0.05, 0) is 17.9 Å². The number of hydrogen-bond donors (Lipinski definition) is 1. The molecular weight excluding hydrogens is 246 g/mol.